The summed E-state index contributed by atoms with van der Waals surface area (Å²) in [7, 11) is -1.63. The van der Waals surface area contributed by atoms with Gasteiger partial charge in [0.2, 0.25) is 8.32 Å². The van der Waals surface area contributed by atoms with E-state index in [9.17, 15) is 4.79 Å². The van der Waals surface area contributed by atoms with Crippen molar-refractivity contribution in [3.8, 4) is 0 Å². The maximum absolute atomic E-state index is 11.9. The summed E-state index contributed by atoms with van der Waals surface area (Å²) >= 11 is 0. The van der Waals surface area contributed by atoms with Gasteiger partial charge in [-0.2, -0.15) is 0 Å². The molecule has 0 unspecified atom stereocenters. The third kappa shape index (κ3) is 6.18. The second-order valence-corrected chi connectivity index (χ2v) is 10.5. The van der Waals surface area contributed by atoms with Crippen molar-refractivity contribution in [3.05, 3.63) is 70.6 Å². The summed E-state index contributed by atoms with van der Waals surface area (Å²) in [5.41, 5.74) is 0.998. The van der Waals surface area contributed by atoms with Crippen LogP contribution in [0, 0.1) is 0 Å². The largest absolute Gasteiger partial charge is 0.544 e. The van der Waals surface area contributed by atoms with Crippen molar-refractivity contribution < 1.29 is 4.43 Å². The van der Waals surface area contributed by atoms with E-state index >= 15 is 0 Å². The third-order valence-electron chi connectivity index (χ3n) is 4.55. The molecule has 0 bridgehead atoms. The Hall–Kier alpha value is -1.61. The molecular weight excluding hydrogens is 300 g/mol. The summed E-state index contributed by atoms with van der Waals surface area (Å²) in [6.07, 6.45) is 6.60. The van der Waals surface area contributed by atoms with Gasteiger partial charge in [0.15, 0.2) is 5.43 Å². The quantitative estimate of drug-likeness (QED) is 0.246. The minimum atomic E-state index is -1.63. The van der Waals surface area contributed by atoms with Gasteiger partial charge in [0.05, 0.1) is 5.76 Å². The lowest BCUT2D eigenvalue weighted by atomic mass is 10.1. The van der Waals surface area contributed by atoms with Crippen LogP contribution in [-0.4, -0.2) is 8.32 Å². The van der Waals surface area contributed by atoms with E-state index in [1.165, 1.54) is 0 Å². The molecule has 126 valence electrons. The summed E-state index contributed by atoms with van der Waals surface area (Å²) < 4.78 is 6.35. The van der Waals surface area contributed by atoms with Crippen molar-refractivity contribution in [1.29, 1.82) is 0 Å². The van der Waals surface area contributed by atoms with Crippen molar-refractivity contribution in [2.75, 3.05) is 0 Å². The van der Waals surface area contributed by atoms with Gasteiger partial charge in [-0.25, -0.2) is 0 Å². The zero-order valence-corrected chi connectivity index (χ0v) is 15.8. The molecule has 0 radical (unpaired) electrons. The summed E-state index contributed by atoms with van der Waals surface area (Å²) in [5.74, 6) is 0.920. The van der Waals surface area contributed by atoms with Crippen LogP contribution in [0.3, 0.4) is 0 Å². The molecule has 3 heteroatoms. The van der Waals surface area contributed by atoms with Crippen LogP contribution < -0.4 is 5.43 Å². The van der Waals surface area contributed by atoms with Gasteiger partial charge in [-0.15, -0.1) is 0 Å². The Balaban J connectivity index is 2.63. The molecule has 1 aromatic rings. The first-order valence-electron chi connectivity index (χ1n) is 8.70. The fourth-order valence-corrected chi connectivity index (χ4v) is 5.29. The summed E-state index contributed by atoms with van der Waals surface area (Å²) in [4.78, 5) is 11.9. The van der Waals surface area contributed by atoms with Gasteiger partial charge >= 0.3 is 0 Å². The predicted octanol–water partition coefficient (Wildman–Crippen LogP) is 5.46. The van der Waals surface area contributed by atoms with Crippen molar-refractivity contribution in [1.82, 2.24) is 0 Å². The van der Waals surface area contributed by atoms with E-state index in [1.807, 2.05) is 24.3 Å². The average molecular weight is 331 g/mol. The number of allylic oxidation sites excluding steroid dienone is 2. The van der Waals surface area contributed by atoms with E-state index in [0.29, 0.717) is 0 Å². The number of aryl methyl sites for hydroxylation is 1. The van der Waals surface area contributed by atoms with E-state index in [4.69, 9.17) is 4.43 Å². The van der Waals surface area contributed by atoms with Crippen LogP contribution in [0.4, 0.5) is 0 Å². The van der Waals surface area contributed by atoms with E-state index in [0.717, 1.165) is 48.7 Å². The number of unbranched alkanes of at least 4 members (excludes halogenated alkanes) is 1. The summed E-state index contributed by atoms with van der Waals surface area (Å²) in [6, 6.07) is 12.5. The molecular formula is C20H30O2Si. The molecule has 0 spiro atoms. The first-order chi connectivity index (χ1) is 11.1. The maximum atomic E-state index is 11.9. The molecule has 0 aliphatic rings. The Bertz CT molecular complexity index is 566. The van der Waals surface area contributed by atoms with Gasteiger partial charge in [0, 0.05) is 0 Å². The summed E-state index contributed by atoms with van der Waals surface area (Å²) in [5, 5.41) is 0. The number of hydrogen-bond acceptors (Lipinski definition) is 2. The first kappa shape index (κ1) is 19.4. The van der Waals surface area contributed by atoms with Gasteiger partial charge in [-0.1, -0.05) is 51.6 Å². The topological polar surface area (TPSA) is 26.3 Å². The van der Waals surface area contributed by atoms with Crippen molar-refractivity contribution in [2.24, 2.45) is 0 Å². The van der Waals surface area contributed by atoms with Crippen LogP contribution in [0.25, 0.3) is 0 Å². The van der Waals surface area contributed by atoms with E-state index in [-0.39, 0.29) is 5.43 Å². The standard InChI is InChI=1S/C20H30O2Si/c1-5-19(22-23(6-2,7-3)8-4)16-13-12-15-18-14-10-9-11-17-20(18)21/h5,9-11,14,16-17H,1,6-8,12-13,15H2,2-4H3/b19-16-. The highest BCUT2D eigenvalue weighted by Crippen LogP contribution is 2.25. The second kappa shape index (κ2) is 10.2. The fourth-order valence-electron chi connectivity index (χ4n) is 2.69. The van der Waals surface area contributed by atoms with E-state index in [2.05, 4.69) is 33.4 Å². The van der Waals surface area contributed by atoms with Gasteiger partial charge in [-0.3, -0.25) is 4.79 Å². The summed E-state index contributed by atoms with van der Waals surface area (Å²) in [6.45, 7) is 10.6. The van der Waals surface area contributed by atoms with Crippen LogP contribution in [-0.2, 0) is 10.8 Å². The monoisotopic (exact) mass is 330 g/mol. The lowest BCUT2D eigenvalue weighted by molar-refractivity contribution is 0.420. The Kier molecular flexibility index (Phi) is 8.63. The highest BCUT2D eigenvalue weighted by atomic mass is 28.4. The molecule has 0 amide bonds. The normalized spacial score (nSPS) is 12.0. The Morgan fingerprint density at radius 2 is 1.78 bits per heavy atom. The van der Waals surface area contributed by atoms with Gasteiger partial charge in [0.1, 0.15) is 0 Å². The fraction of sp³-hybridized carbons (Fsp3) is 0.450. The lowest BCUT2D eigenvalue weighted by Gasteiger charge is -2.29. The Morgan fingerprint density at radius 1 is 1.13 bits per heavy atom. The van der Waals surface area contributed by atoms with Crippen LogP contribution in [0.2, 0.25) is 18.1 Å². The second-order valence-electron chi connectivity index (χ2n) is 5.85. The molecule has 1 rings (SSSR count). The predicted molar refractivity (Wildman–Crippen MR) is 102 cm³/mol. The molecule has 0 saturated carbocycles. The molecule has 0 heterocycles. The smallest absolute Gasteiger partial charge is 0.250 e. The van der Waals surface area contributed by atoms with Gasteiger partial charge < -0.3 is 4.43 Å². The van der Waals surface area contributed by atoms with E-state index in [1.54, 1.807) is 12.1 Å². The molecule has 0 atom stereocenters. The third-order valence-corrected chi connectivity index (χ3v) is 9.08. The lowest BCUT2D eigenvalue weighted by Crippen LogP contribution is -2.35. The van der Waals surface area contributed by atoms with Crippen molar-refractivity contribution in [2.45, 2.75) is 58.2 Å². The zero-order chi connectivity index (χ0) is 17.1. The maximum Gasteiger partial charge on any atom is 0.250 e. The minimum Gasteiger partial charge on any atom is -0.544 e. The molecule has 1 aromatic carbocycles. The number of hydrogen-bond donors (Lipinski definition) is 0. The molecule has 0 N–H and O–H groups in total. The highest BCUT2D eigenvalue weighted by molar-refractivity contribution is 6.73. The number of rotatable bonds is 10. The van der Waals surface area contributed by atoms with Crippen LogP contribution >= 0.6 is 0 Å². The molecule has 0 fully saturated rings. The van der Waals surface area contributed by atoms with Crippen LogP contribution in [0.15, 0.2) is 59.6 Å². The zero-order valence-electron chi connectivity index (χ0n) is 14.8. The van der Waals surface area contributed by atoms with Crippen LogP contribution in [0.1, 0.15) is 39.2 Å². The minimum absolute atomic E-state index is 0.119. The van der Waals surface area contributed by atoms with Gasteiger partial charge in [-0.05, 0) is 61.2 Å². The Morgan fingerprint density at radius 3 is 2.39 bits per heavy atom. The van der Waals surface area contributed by atoms with E-state index < -0.39 is 8.32 Å². The van der Waals surface area contributed by atoms with Crippen molar-refractivity contribution in [3.63, 3.8) is 0 Å². The molecule has 0 saturated heterocycles. The molecule has 0 aliphatic heterocycles. The first-order valence-corrected chi connectivity index (χ1v) is 11.2. The molecule has 2 nitrogen and oxygen atoms in total. The van der Waals surface area contributed by atoms with Gasteiger partial charge in [0.25, 0.3) is 0 Å². The molecule has 0 aromatic heterocycles. The average Bonchev–Trinajstić information content (AvgIpc) is 2.79. The van der Waals surface area contributed by atoms with Crippen LogP contribution in [0.5, 0.6) is 0 Å². The SMILES string of the molecule is C=C/C(=C/CCCc1cccccc1=O)O[Si](CC)(CC)CC. The Labute approximate surface area is 142 Å². The molecule has 23 heavy (non-hydrogen) atoms. The molecule has 0 aliphatic carbocycles. The highest BCUT2D eigenvalue weighted by Gasteiger charge is 2.30. The van der Waals surface area contributed by atoms with Crippen molar-refractivity contribution >= 4 is 8.32 Å².